The van der Waals surface area contributed by atoms with Gasteiger partial charge < -0.3 is 24.8 Å². The quantitative estimate of drug-likeness (QED) is 0.345. The van der Waals surface area contributed by atoms with Crippen LogP contribution in [0.3, 0.4) is 0 Å². The third kappa shape index (κ3) is 8.06. The maximum Gasteiger partial charge on any atom is -1.00 e. The van der Waals surface area contributed by atoms with Gasteiger partial charge in [0.25, 0.3) is 0 Å². The Morgan fingerprint density at radius 1 is 0.658 bits per heavy atom. The fraction of sp³-hybridized carbons (Fsp3) is 0.242. The average molecular weight is 655 g/mol. The number of fused-ring (bicyclic) bond motifs is 2. The summed E-state index contributed by atoms with van der Waals surface area (Å²) < 4.78 is 1.51. The van der Waals surface area contributed by atoms with E-state index in [4.69, 9.17) is 0 Å². The number of hydrogen-bond donors (Lipinski definition) is 0. The summed E-state index contributed by atoms with van der Waals surface area (Å²) in [5, 5.41) is 6.01. The minimum Gasteiger partial charge on any atom is -1.00 e. The summed E-state index contributed by atoms with van der Waals surface area (Å²) in [4.78, 5) is 0. The summed E-state index contributed by atoms with van der Waals surface area (Å²) in [5.41, 5.74) is 6.55. The molecule has 2 aliphatic carbocycles. The Labute approximate surface area is 259 Å². The predicted molar refractivity (Wildman–Crippen MR) is 158 cm³/mol. The van der Waals surface area contributed by atoms with Crippen molar-refractivity contribution in [2.24, 2.45) is 0 Å². The molecule has 6 rings (SSSR count). The van der Waals surface area contributed by atoms with Gasteiger partial charge in [-0.25, -0.2) is 0 Å². The molecule has 0 N–H and O–H groups in total. The van der Waals surface area contributed by atoms with E-state index in [0.717, 1.165) is 0 Å². The number of halogens is 2. The summed E-state index contributed by atoms with van der Waals surface area (Å²) in [5.74, 6) is 0. The van der Waals surface area contributed by atoms with Gasteiger partial charge in [0.1, 0.15) is 0 Å². The summed E-state index contributed by atoms with van der Waals surface area (Å²) in [7, 11) is -0.367. The maximum absolute atomic E-state index is 3.45. The Balaban J connectivity index is 0.000000224. The largest absolute Gasteiger partial charge is 1.00 e. The van der Waals surface area contributed by atoms with E-state index in [2.05, 4.69) is 139 Å². The van der Waals surface area contributed by atoms with E-state index < -0.39 is 0 Å². The fourth-order valence-corrected chi connectivity index (χ4v) is 10.2. The first-order valence-electron chi connectivity index (χ1n) is 12.5. The molecule has 0 radical (unpaired) electrons. The molecular formula is C33H34Cl2P2Zr-2. The van der Waals surface area contributed by atoms with Crippen molar-refractivity contribution in [1.29, 1.82) is 0 Å². The van der Waals surface area contributed by atoms with E-state index in [0.29, 0.717) is 11.3 Å². The van der Waals surface area contributed by atoms with Gasteiger partial charge >= 0.3 is 41.3 Å². The molecule has 196 valence electrons. The van der Waals surface area contributed by atoms with Crippen molar-refractivity contribution >= 4 is 29.7 Å². The molecule has 2 aromatic rings. The first-order chi connectivity index (χ1) is 17.2. The van der Waals surface area contributed by atoms with Crippen LogP contribution < -0.4 is 35.4 Å². The fourth-order valence-electron chi connectivity index (χ4n) is 4.84. The van der Waals surface area contributed by atoms with Crippen molar-refractivity contribution in [3.8, 4) is 0 Å². The van der Waals surface area contributed by atoms with E-state index in [-0.39, 0.29) is 40.7 Å². The minimum absolute atomic E-state index is 0. The van der Waals surface area contributed by atoms with Crippen LogP contribution in [-0.2, 0) is 24.2 Å². The Morgan fingerprint density at radius 2 is 0.974 bits per heavy atom. The molecule has 0 saturated carbocycles. The van der Waals surface area contributed by atoms with Crippen LogP contribution in [-0.4, -0.2) is 14.5 Å². The molecule has 0 fully saturated rings. The van der Waals surface area contributed by atoms with Gasteiger partial charge in [-0.15, -0.1) is 33.9 Å². The third-order valence-corrected chi connectivity index (χ3v) is 11.6. The summed E-state index contributed by atoms with van der Waals surface area (Å²) in [6, 6.07) is 21.8. The second-order valence-electron chi connectivity index (χ2n) is 9.73. The molecule has 0 saturated heterocycles. The van der Waals surface area contributed by atoms with Gasteiger partial charge in [0, 0.05) is 0 Å². The molecule has 0 nitrogen and oxygen atoms in total. The van der Waals surface area contributed by atoms with Crippen LogP contribution in [0.15, 0.2) is 118 Å². The Morgan fingerprint density at radius 3 is 1.29 bits per heavy atom. The zero-order valence-corrected chi connectivity index (χ0v) is 28.6. The molecule has 2 heterocycles. The number of benzene rings is 2. The molecule has 4 unspecified atom stereocenters. The molecule has 0 spiro atoms. The van der Waals surface area contributed by atoms with Crippen LogP contribution in [0.25, 0.3) is 0 Å². The molecule has 4 aliphatic rings. The van der Waals surface area contributed by atoms with Crippen molar-refractivity contribution in [1.82, 2.24) is 0 Å². The van der Waals surface area contributed by atoms with E-state index in [9.17, 15) is 0 Å². The molecule has 38 heavy (non-hydrogen) atoms. The van der Waals surface area contributed by atoms with Gasteiger partial charge in [0.05, 0.1) is 0 Å². The van der Waals surface area contributed by atoms with Gasteiger partial charge in [-0.2, -0.15) is 35.5 Å². The standard InChI is InChI=1S/2C15H14P.C3H6.2ClH.Zr/c2*1-11-8-13-10-12(2)16(15(13)9-11)14-6-4-3-5-7-14;1-3-2;;;/h2*3-7,9-10,12H,1-2H3;1-2H3;2*1H;/q2*-1;;;;+2/p-2. The molecule has 4 atom stereocenters. The van der Waals surface area contributed by atoms with Crippen molar-refractivity contribution in [3.05, 3.63) is 130 Å². The minimum atomic E-state index is -0.183. The molecular weight excluding hydrogens is 620 g/mol. The van der Waals surface area contributed by atoms with Gasteiger partial charge in [-0.3, -0.25) is 0 Å². The number of rotatable bonds is 2. The van der Waals surface area contributed by atoms with Crippen molar-refractivity contribution in [2.75, 3.05) is 0 Å². The number of allylic oxidation sites excluding steroid dienone is 12. The third-order valence-electron chi connectivity index (χ3n) is 6.14. The van der Waals surface area contributed by atoms with Gasteiger partial charge in [0.2, 0.25) is 0 Å². The van der Waals surface area contributed by atoms with E-state index in [1.54, 1.807) is 24.2 Å². The molecule has 5 heteroatoms. The van der Waals surface area contributed by atoms with E-state index in [1.165, 1.54) is 46.7 Å². The summed E-state index contributed by atoms with van der Waals surface area (Å²) in [6.07, 6.45) is 16.3. The Kier molecular flexibility index (Phi) is 13.3. The maximum atomic E-state index is 3.45. The molecule has 0 aromatic heterocycles. The van der Waals surface area contributed by atoms with Gasteiger partial charge in [-0.1, -0.05) is 104 Å². The predicted octanol–water partition coefficient (Wildman–Crippen LogP) is 2.29. The smallest absolute Gasteiger partial charge is 1.00 e. The first-order valence-corrected chi connectivity index (χ1v) is 16.6. The molecule has 2 aromatic carbocycles. The topological polar surface area (TPSA) is 0 Å². The zero-order chi connectivity index (χ0) is 25.8. The van der Waals surface area contributed by atoms with Gasteiger partial charge in [0.15, 0.2) is 0 Å². The first kappa shape index (κ1) is 33.3. The van der Waals surface area contributed by atoms with Crippen LogP contribution in [0.4, 0.5) is 0 Å². The van der Waals surface area contributed by atoms with E-state index in [1.807, 2.05) is 0 Å². The van der Waals surface area contributed by atoms with Crippen LogP contribution in [0.2, 0.25) is 0 Å². The van der Waals surface area contributed by atoms with Gasteiger partial charge in [-0.05, 0) is 21.9 Å². The van der Waals surface area contributed by atoms with Crippen molar-refractivity contribution in [2.45, 2.75) is 52.9 Å². The monoisotopic (exact) mass is 652 g/mol. The SMILES string of the molecule is CC1=[C-]C2=CC(C)P(c3ccccc3)C2=C1.CC1=[C-]C2=CC(C)P(c3ccccc3)C2=C1.C[C](C)=[Zr+2].[Cl-].[Cl-]. The Bertz CT molecular complexity index is 1220. The second kappa shape index (κ2) is 15.2. The normalized spacial score (nSPS) is 23.7. The van der Waals surface area contributed by atoms with Crippen LogP contribution >= 0.6 is 15.8 Å². The van der Waals surface area contributed by atoms with Crippen LogP contribution in [0.1, 0.15) is 41.5 Å². The van der Waals surface area contributed by atoms with Crippen molar-refractivity contribution < 1.29 is 49.0 Å². The summed E-state index contributed by atoms with van der Waals surface area (Å²) >= 11 is 1.55. The van der Waals surface area contributed by atoms with E-state index >= 15 is 0 Å². The molecule has 0 amide bonds. The average Bonchev–Trinajstić information content (AvgIpc) is 3.52. The van der Waals surface area contributed by atoms with Crippen molar-refractivity contribution in [3.63, 3.8) is 0 Å². The zero-order valence-electron chi connectivity index (χ0n) is 22.9. The summed E-state index contributed by atoms with van der Waals surface area (Å²) in [6.45, 7) is 13.2. The number of hydrogen-bond acceptors (Lipinski definition) is 0. The molecule has 2 aliphatic heterocycles. The second-order valence-corrected chi connectivity index (χ2v) is 17.3. The molecule has 0 bridgehead atoms. The Hall–Kier alpha value is -0.927. The van der Waals surface area contributed by atoms with Crippen LogP contribution in [0.5, 0.6) is 0 Å². The van der Waals surface area contributed by atoms with Crippen LogP contribution in [0, 0.1) is 12.2 Å².